The predicted octanol–water partition coefficient (Wildman–Crippen LogP) is 4.01. The summed E-state index contributed by atoms with van der Waals surface area (Å²) >= 11 is 0. The third-order valence-electron chi connectivity index (χ3n) is 9.29. The van der Waals surface area contributed by atoms with Gasteiger partial charge in [-0.25, -0.2) is 0 Å². The van der Waals surface area contributed by atoms with Gasteiger partial charge in [-0.05, 0) is 79.4 Å². The number of piperidine rings is 1. The number of nitrogens with zero attached hydrogens (tertiary/aromatic N) is 1. The second-order valence-corrected chi connectivity index (χ2v) is 9.90. The van der Waals surface area contributed by atoms with Crippen LogP contribution in [0.15, 0.2) is 12.7 Å². The maximum atomic E-state index is 12.6. The molecule has 25 heavy (non-hydrogen) atoms. The summed E-state index contributed by atoms with van der Waals surface area (Å²) in [5, 5.41) is 10.6. The monoisotopic (exact) mass is 345 g/mol. The average Bonchev–Trinajstić information content (AvgIpc) is 2.88. The molecule has 4 aliphatic rings. The molecule has 1 amide bonds. The number of carbonyl (C=O) groups excluding carboxylic acids is 1. The molecule has 1 N–H and O–H groups in total. The molecule has 0 bridgehead atoms. The van der Waals surface area contributed by atoms with Gasteiger partial charge < -0.3 is 10.0 Å². The van der Waals surface area contributed by atoms with Crippen LogP contribution in [0.25, 0.3) is 0 Å². The van der Waals surface area contributed by atoms with Crippen molar-refractivity contribution in [1.29, 1.82) is 0 Å². The maximum absolute atomic E-state index is 12.6. The van der Waals surface area contributed by atoms with Gasteiger partial charge in [0, 0.05) is 19.5 Å². The van der Waals surface area contributed by atoms with Crippen molar-refractivity contribution in [2.75, 3.05) is 7.05 Å². The Labute approximate surface area is 152 Å². The molecule has 140 valence electrons. The van der Waals surface area contributed by atoms with Gasteiger partial charge in [-0.2, -0.15) is 0 Å². The Morgan fingerprint density at radius 3 is 2.68 bits per heavy atom. The molecule has 3 heteroatoms. The third kappa shape index (κ3) is 2.23. The van der Waals surface area contributed by atoms with Crippen molar-refractivity contribution in [3.8, 4) is 0 Å². The molecule has 1 saturated heterocycles. The lowest BCUT2D eigenvalue weighted by atomic mass is 9.45. The van der Waals surface area contributed by atoms with Crippen LogP contribution in [0.3, 0.4) is 0 Å². The van der Waals surface area contributed by atoms with Gasteiger partial charge >= 0.3 is 0 Å². The molecule has 1 aliphatic heterocycles. The summed E-state index contributed by atoms with van der Waals surface area (Å²) in [5.74, 6) is 2.85. The fourth-order valence-electron chi connectivity index (χ4n) is 7.82. The van der Waals surface area contributed by atoms with E-state index in [-0.39, 0.29) is 16.9 Å². The largest absolute Gasteiger partial charge is 0.393 e. The number of amides is 1. The smallest absolute Gasteiger partial charge is 0.222 e. The van der Waals surface area contributed by atoms with Crippen LogP contribution in [0.2, 0.25) is 0 Å². The third-order valence-corrected chi connectivity index (χ3v) is 9.29. The second kappa shape index (κ2) is 5.84. The van der Waals surface area contributed by atoms with E-state index in [9.17, 15) is 9.90 Å². The zero-order valence-electron chi connectivity index (χ0n) is 16.2. The van der Waals surface area contributed by atoms with Crippen molar-refractivity contribution >= 4 is 5.91 Å². The first-order valence-electron chi connectivity index (χ1n) is 10.4. The van der Waals surface area contributed by atoms with E-state index in [2.05, 4.69) is 25.3 Å². The molecule has 0 aromatic carbocycles. The highest BCUT2D eigenvalue weighted by Crippen LogP contribution is 2.66. The zero-order chi connectivity index (χ0) is 18.0. The van der Waals surface area contributed by atoms with E-state index in [4.69, 9.17) is 0 Å². The first-order valence-corrected chi connectivity index (χ1v) is 10.4. The Morgan fingerprint density at radius 2 is 1.96 bits per heavy atom. The summed E-state index contributed by atoms with van der Waals surface area (Å²) in [6.07, 6.45) is 10.5. The molecule has 0 spiro atoms. The highest BCUT2D eigenvalue weighted by atomic mass is 16.3. The SMILES string of the molecule is C=CCC1CC(=O)N(C)C2CC[C@@H]3[C@@H](CC[C@]4(C)C(O)CC[C@@H]34)[C@@]12C. The van der Waals surface area contributed by atoms with E-state index in [0.717, 1.165) is 31.6 Å². The summed E-state index contributed by atoms with van der Waals surface area (Å²) in [5.41, 5.74) is 0.337. The molecule has 3 aliphatic carbocycles. The zero-order valence-corrected chi connectivity index (χ0v) is 16.2. The van der Waals surface area contributed by atoms with Crippen LogP contribution in [-0.2, 0) is 4.79 Å². The van der Waals surface area contributed by atoms with Gasteiger partial charge in [-0.15, -0.1) is 6.58 Å². The first kappa shape index (κ1) is 17.6. The van der Waals surface area contributed by atoms with Crippen LogP contribution in [-0.4, -0.2) is 35.1 Å². The van der Waals surface area contributed by atoms with Crippen molar-refractivity contribution in [3.05, 3.63) is 12.7 Å². The molecule has 3 unspecified atom stereocenters. The summed E-state index contributed by atoms with van der Waals surface area (Å²) in [7, 11) is 2.03. The van der Waals surface area contributed by atoms with Gasteiger partial charge in [0.1, 0.15) is 0 Å². The molecular formula is C22H35NO2. The summed E-state index contributed by atoms with van der Waals surface area (Å²) in [6, 6.07) is 0.385. The highest BCUT2D eigenvalue weighted by molar-refractivity contribution is 5.78. The van der Waals surface area contributed by atoms with E-state index in [1.165, 1.54) is 19.3 Å². The molecule has 8 atom stereocenters. The van der Waals surface area contributed by atoms with Crippen molar-refractivity contribution in [3.63, 3.8) is 0 Å². The Balaban J connectivity index is 1.71. The molecule has 0 aromatic rings. The van der Waals surface area contributed by atoms with Crippen LogP contribution in [0.4, 0.5) is 0 Å². The average molecular weight is 346 g/mol. The van der Waals surface area contributed by atoms with Crippen LogP contribution >= 0.6 is 0 Å². The van der Waals surface area contributed by atoms with Gasteiger partial charge in [0.15, 0.2) is 0 Å². The lowest BCUT2D eigenvalue weighted by Gasteiger charge is -2.64. The number of hydrogen-bond acceptors (Lipinski definition) is 2. The van der Waals surface area contributed by atoms with Gasteiger partial charge in [-0.3, -0.25) is 4.79 Å². The predicted molar refractivity (Wildman–Crippen MR) is 99.9 cm³/mol. The number of fused-ring (bicyclic) bond motifs is 5. The number of aliphatic hydroxyl groups is 1. The summed E-state index contributed by atoms with van der Waals surface area (Å²) in [6.45, 7) is 8.82. The highest BCUT2D eigenvalue weighted by Gasteiger charge is 2.63. The van der Waals surface area contributed by atoms with Gasteiger partial charge in [0.05, 0.1) is 6.10 Å². The number of aliphatic hydroxyl groups excluding tert-OH is 1. The van der Waals surface area contributed by atoms with Crippen molar-refractivity contribution < 1.29 is 9.90 Å². The van der Waals surface area contributed by atoms with Gasteiger partial charge in [-0.1, -0.05) is 19.9 Å². The molecule has 3 nitrogen and oxygen atoms in total. The molecular weight excluding hydrogens is 310 g/mol. The second-order valence-electron chi connectivity index (χ2n) is 9.90. The van der Waals surface area contributed by atoms with E-state index < -0.39 is 0 Å². The van der Waals surface area contributed by atoms with E-state index in [1.807, 2.05) is 13.1 Å². The minimum absolute atomic E-state index is 0.108. The number of allylic oxidation sites excluding steroid dienone is 1. The Kier molecular flexibility index (Phi) is 4.10. The minimum Gasteiger partial charge on any atom is -0.393 e. The number of rotatable bonds is 2. The molecule has 4 rings (SSSR count). The minimum atomic E-state index is -0.108. The van der Waals surface area contributed by atoms with E-state index in [0.29, 0.717) is 36.1 Å². The van der Waals surface area contributed by atoms with E-state index in [1.54, 1.807) is 0 Å². The maximum Gasteiger partial charge on any atom is 0.222 e. The van der Waals surface area contributed by atoms with Crippen molar-refractivity contribution in [1.82, 2.24) is 4.90 Å². The molecule has 0 radical (unpaired) electrons. The Hall–Kier alpha value is -0.830. The van der Waals surface area contributed by atoms with Crippen molar-refractivity contribution in [2.24, 2.45) is 34.5 Å². The molecule has 0 aromatic heterocycles. The normalized spacial score (nSPS) is 52.3. The Bertz CT molecular complexity index is 574. The van der Waals surface area contributed by atoms with Crippen molar-refractivity contribution in [2.45, 2.75) is 77.4 Å². The summed E-state index contributed by atoms with van der Waals surface area (Å²) < 4.78 is 0. The molecule has 1 heterocycles. The lowest BCUT2D eigenvalue weighted by molar-refractivity contribution is -0.173. The van der Waals surface area contributed by atoms with Crippen LogP contribution in [0.1, 0.15) is 65.2 Å². The molecule has 4 fully saturated rings. The quantitative estimate of drug-likeness (QED) is 0.768. The number of carbonyl (C=O) groups is 1. The topological polar surface area (TPSA) is 40.5 Å². The molecule has 3 saturated carbocycles. The van der Waals surface area contributed by atoms with Gasteiger partial charge in [0.25, 0.3) is 0 Å². The Morgan fingerprint density at radius 1 is 1.20 bits per heavy atom. The van der Waals surface area contributed by atoms with Crippen LogP contribution in [0.5, 0.6) is 0 Å². The summed E-state index contributed by atoms with van der Waals surface area (Å²) in [4.78, 5) is 14.6. The fourth-order valence-corrected chi connectivity index (χ4v) is 7.82. The number of hydrogen-bond donors (Lipinski definition) is 1. The van der Waals surface area contributed by atoms with Crippen LogP contribution < -0.4 is 0 Å². The number of likely N-dealkylation sites (tertiary alicyclic amines) is 1. The fraction of sp³-hybridized carbons (Fsp3) is 0.864. The first-order chi connectivity index (χ1) is 11.8. The van der Waals surface area contributed by atoms with Gasteiger partial charge in [0.2, 0.25) is 5.91 Å². The van der Waals surface area contributed by atoms with E-state index >= 15 is 0 Å². The standard InChI is InChI=1S/C22H35NO2/c1-5-6-14-13-20(25)23(4)18-9-7-15-16-8-10-19(24)21(16,2)12-11-17(15)22(14,18)3/h5,14-19,24H,1,6-13H2,2-4H3/t14?,15-,16-,17+,18?,19?,21-,22+/m0/s1. The lowest BCUT2D eigenvalue weighted by Crippen LogP contribution is -2.64. The van der Waals surface area contributed by atoms with Crippen LogP contribution in [0, 0.1) is 34.5 Å².